The van der Waals surface area contributed by atoms with Gasteiger partial charge in [-0.3, -0.25) is 4.79 Å². The molecule has 1 N–H and O–H groups in total. The monoisotopic (exact) mass is 236 g/mol. The van der Waals surface area contributed by atoms with E-state index in [1.807, 2.05) is 13.8 Å². The molecule has 0 heterocycles. The molecular formula is C10H14ClFO3. The first-order valence-corrected chi connectivity index (χ1v) is 5.14. The van der Waals surface area contributed by atoms with Gasteiger partial charge in [-0.15, -0.1) is 0 Å². The van der Waals surface area contributed by atoms with E-state index in [1.54, 1.807) is 0 Å². The fraction of sp³-hybridized carbons (Fsp3) is 0.700. The highest BCUT2D eigenvalue weighted by atomic mass is 35.5. The van der Waals surface area contributed by atoms with Crippen molar-refractivity contribution in [3.05, 3.63) is 11.4 Å². The summed E-state index contributed by atoms with van der Waals surface area (Å²) in [6.07, 6.45) is -0.235. The van der Waals surface area contributed by atoms with E-state index < -0.39 is 17.7 Å². The van der Waals surface area contributed by atoms with Crippen molar-refractivity contribution in [2.45, 2.75) is 26.4 Å². The van der Waals surface area contributed by atoms with Crippen molar-refractivity contribution < 1.29 is 19.0 Å². The van der Waals surface area contributed by atoms with Gasteiger partial charge in [-0.25, -0.2) is 4.39 Å². The van der Waals surface area contributed by atoms with Gasteiger partial charge in [0.05, 0.1) is 18.6 Å². The number of halogens is 2. The largest absolute Gasteiger partial charge is 0.481 e. The first-order valence-electron chi connectivity index (χ1n) is 4.70. The van der Waals surface area contributed by atoms with E-state index in [1.165, 1.54) is 0 Å². The van der Waals surface area contributed by atoms with Gasteiger partial charge in [0.25, 0.3) is 0 Å². The van der Waals surface area contributed by atoms with Gasteiger partial charge in [0, 0.05) is 17.4 Å². The molecule has 86 valence electrons. The lowest BCUT2D eigenvalue weighted by atomic mass is 10.1. The van der Waals surface area contributed by atoms with Crippen LogP contribution in [0.1, 0.15) is 20.3 Å². The highest BCUT2D eigenvalue weighted by Crippen LogP contribution is 2.54. The Morgan fingerprint density at radius 1 is 1.67 bits per heavy atom. The molecule has 0 aliphatic heterocycles. The lowest BCUT2D eigenvalue weighted by molar-refractivity contribution is -0.140. The number of carboxylic acids is 1. The summed E-state index contributed by atoms with van der Waals surface area (Å²) in [7, 11) is 0. The Morgan fingerprint density at radius 3 is 2.67 bits per heavy atom. The van der Waals surface area contributed by atoms with Crippen LogP contribution in [0.3, 0.4) is 0 Å². The maximum absolute atomic E-state index is 12.6. The van der Waals surface area contributed by atoms with Gasteiger partial charge in [-0.2, -0.15) is 0 Å². The zero-order chi connectivity index (χ0) is 11.6. The van der Waals surface area contributed by atoms with Crippen molar-refractivity contribution in [1.82, 2.24) is 0 Å². The van der Waals surface area contributed by atoms with Crippen LogP contribution in [0.4, 0.5) is 4.39 Å². The smallest absolute Gasteiger partial charge is 0.309 e. The summed E-state index contributed by atoms with van der Waals surface area (Å²) in [6.45, 7) is 3.81. The third kappa shape index (κ3) is 2.69. The van der Waals surface area contributed by atoms with Crippen molar-refractivity contribution in [3.63, 3.8) is 0 Å². The molecular weight excluding hydrogens is 223 g/mol. The van der Waals surface area contributed by atoms with E-state index >= 15 is 0 Å². The minimum atomic E-state index is -0.863. The van der Waals surface area contributed by atoms with Crippen molar-refractivity contribution in [2.75, 3.05) is 6.61 Å². The minimum Gasteiger partial charge on any atom is -0.481 e. The highest BCUT2D eigenvalue weighted by Gasteiger charge is 2.63. The third-order valence-corrected chi connectivity index (χ3v) is 2.99. The van der Waals surface area contributed by atoms with Crippen LogP contribution in [-0.4, -0.2) is 23.8 Å². The molecule has 0 spiro atoms. The molecule has 3 nitrogen and oxygen atoms in total. The quantitative estimate of drug-likeness (QED) is 0.798. The standard InChI is InChI=1S/C10H14ClFO3/c1-10(2)7(9(13)14)8(10)15-4-3-6(12)5-11/h5,7-8H,3-4H2,1-2H3,(H,13,14). The molecule has 0 aromatic rings. The van der Waals surface area contributed by atoms with Gasteiger partial charge in [-0.05, 0) is 0 Å². The molecule has 1 rings (SSSR count). The Balaban J connectivity index is 2.33. The van der Waals surface area contributed by atoms with E-state index in [0.29, 0.717) is 0 Å². The fourth-order valence-corrected chi connectivity index (χ4v) is 1.80. The van der Waals surface area contributed by atoms with Crippen molar-refractivity contribution in [3.8, 4) is 0 Å². The van der Waals surface area contributed by atoms with Crippen LogP contribution in [0.25, 0.3) is 0 Å². The zero-order valence-corrected chi connectivity index (χ0v) is 9.42. The molecule has 0 aromatic heterocycles. The Kier molecular flexibility index (Phi) is 3.73. The number of carbonyl (C=O) groups is 1. The first-order chi connectivity index (χ1) is 6.91. The molecule has 1 fully saturated rings. The van der Waals surface area contributed by atoms with Crippen molar-refractivity contribution >= 4 is 17.6 Å². The van der Waals surface area contributed by atoms with Crippen LogP contribution in [0.5, 0.6) is 0 Å². The van der Waals surface area contributed by atoms with Crippen LogP contribution in [0.2, 0.25) is 0 Å². The van der Waals surface area contributed by atoms with Gasteiger partial charge >= 0.3 is 5.97 Å². The number of hydrogen-bond donors (Lipinski definition) is 1. The topological polar surface area (TPSA) is 46.5 Å². The van der Waals surface area contributed by atoms with Crippen LogP contribution in [0.15, 0.2) is 11.4 Å². The number of ether oxygens (including phenoxy) is 1. The van der Waals surface area contributed by atoms with E-state index in [9.17, 15) is 9.18 Å². The second-order valence-electron chi connectivity index (χ2n) is 4.23. The maximum atomic E-state index is 12.6. The van der Waals surface area contributed by atoms with Crippen LogP contribution < -0.4 is 0 Å². The second kappa shape index (κ2) is 4.49. The predicted octanol–water partition coefficient (Wildman–Crippen LogP) is 2.55. The number of hydrogen-bond acceptors (Lipinski definition) is 2. The number of rotatable bonds is 5. The second-order valence-corrected chi connectivity index (χ2v) is 4.45. The van der Waals surface area contributed by atoms with E-state index in [4.69, 9.17) is 21.4 Å². The summed E-state index contributed by atoms with van der Waals surface area (Å²) >= 11 is 5.13. The first kappa shape index (κ1) is 12.5. The van der Waals surface area contributed by atoms with E-state index in [2.05, 4.69) is 0 Å². The molecule has 1 saturated carbocycles. The molecule has 1 aliphatic carbocycles. The molecule has 2 atom stereocenters. The Morgan fingerprint density at radius 2 is 2.27 bits per heavy atom. The molecule has 0 aromatic carbocycles. The Hall–Kier alpha value is -0.610. The summed E-state index contributed by atoms with van der Waals surface area (Å²) in [4.78, 5) is 10.8. The van der Waals surface area contributed by atoms with E-state index in [-0.39, 0.29) is 24.5 Å². The average molecular weight is 237 g/mol. The summed E-state index contributed by atoms with van der Waals surface area (Å²) in [6, 6.07) is 0. The fourth-order valence-electron chi connectivity index (χ4n) is 1.69. The average Bonchev–Trinajstić information content (AvgIpc) is 2.68. The van der Waals surface area contributed by atoms with Crippen LogP contribution in [-0.2, 0) is 9.53 Å². The summed E-state index contributed by atoms with van der Waals surface area (Å²) in [5.74, 6) is -1.80. The predicted molar refractivity (Wildman–Crippen MR) is 54.3 cm³/mol. The molecule has 0 saturated heterocycles. The summed E-state index contributed by atoms with van der Waals surface area (Å²) in [5, 5.41) is 8.83. The SMILES string of the molecule is CC1(C)C(OCCC(F)=CCl)C1C(=O)O. The summed E-state index contributed by atoms with van der Waals surface area (Å²) in [5.41, 5.74) is 0.503. The van der Waals surface area contributed by atoms with Gasteiger partial charge in [0.1, 0.15) is 5.83 Å². The third-order valence-electron chi connectivity index (χ3n) is 2.75. The van der Waals surface area contributed by atoms with Gasteiger partial charge < -0.3 is 9.84 Å². The van der Waals surface area contributed by atoms with Gasteiger partial charge in [-0.1, -0.05) is 25.4 Å². The molecule has 0 amide bonds. The van der Waals surface area contributed by atoms with E-state index in [0.717, 1.165) is 5.54 Å². The zero-order valence-electron chi connectivity index (χ0n) is 8.67. The molecule has 1 aliphatic rings. The normalized spacial score (nSPS) is 28.9. The molecule has 15 heavy (non-hydrogen) atoms. The summed E-state index contributed by atoms with van der Waals surface area (Å²) < 4.78 is 17.9. The Bertz CT molecular complexity index is 288. The molecule has 2 unspecified atom stereocenters. The maximum Gasteiger partial charge on any atom is 0.309 e. The van der Waals surface area contributed by atoms with Crippen LogP contribution in [0, 0.1) is 11.3 Å². The van der Waals surface area contributed by atoms with Crippen LogP contribution >= 0.6 is 11.6 Å². The highest BCUT2D eigenvalue weighted by molar-refractivity contribution is 6.25. The van der Waals surface area contributed by atoms with Gasteiger partial charge in [0.15, 0.2) is 0 Å². The lowest BCUT2D eigenvalue weighted by Gasteiger charge is -2.03. The van der Waals surface area contributed by atoms with Crippen molar-refractivity contribution in [1.29, 1.82) is 0 Å². The molecule has 5 heteroatoms. The lowest BCUT2D eigenvalue weighted by Crippen LogP contribution is -2.06. The van der Waals surface area contributed by atoms with Gasteiger partial charge in [0.2, 0.25) is 0 Å². The minimum absolute atomic E-state index is 0.0857. The number of aliphatic carboxylic acids is 1. The van der Waals surface area contributed by atoms with Crippen molar-refractivity contribution in [2.24, 2.45) is 11.3 Å². The number of carboxylic acid groups (broad SMARTS) is 1. The molecule has 0 bridgehead atoms. The molecule has 0 radical (unpaired) electrons. The Labute approximate surface area is 92.9 Å².